The zero-order valence-electron chi connectivity index (χ0n) is 9.28. The van der Waals surface area contributed by atoms with Crippen LogP contribution < -0.4 is 11.1 Å². The molecule has 0 fully saturated rings. The monoisotopic (exact) mass is 471 g/mol. The summed E-state index contributed by atoms with van der Waals surface area (Å²) < 4.78 is 1.44. The van der Waals surface area contributed by atoms with Gasteiger partial charge in [0.2, 0.25) is 5.91 Å². The fourth-order valence-corrected chi connectivity index (χ4v) is 3.24. The molecule has 1 unspecified atom stereocenters. The largest absolute Gasteiger partial charge is 0.506 e. The van der Waals surface area contributed by atoms with Crippen LogP contribution >= 0.6 is 45.2 Å². The van der Waals surface area contributed by atoms with Crippen LogP contribution in [0.5, 0.6) is 5.75 Å². The van der Waals surface area contributed by atoms with Gasteiger partial charge in [0, 0.05) is 0 Å². The minimum atomic E-state index is -0.700. The van der Waals surface area contributed by atoms with Crippen molar-refractivity contribution in [1.82, 2.24) is 5.32 Å². The third kappa shape index (κ3) is 4.25. The fraction of sp³-hybridized carbons (Fsp3) is 0.273. The van der Waals surface area contributed by atoms with Crippen LogP contribution in [0.4, 0.5) is 0 Å². The van der Waals surface area contributed by atoms with E-state index in [0.717, 1.165) is 12.7 Å². The predicted molar refractivity (Wildman–Crippen MR) is 83.8 cm³/mol. The molecule has 0 spiro atoms. The minimum absolute atomic E-state index is 0.0445. The lowest BCUT2D eigenvalue weighted by atomic mass is 10.1. The molecule has 18 heavy (non-hydrogen) atoms. The second-order valence-electron chi connectivity index (χ2n) is 3.59. The topological polar surface area (TPSA) is 99.1 Å². The van der Waals surface area contributed by atoms with Crippen molar-refractivity contribution in [3.05, 3.63) is 24.8 Å². The summed E-state index contributed by atoms with van der Waals surface area (Å²) in [6.07, 6.45) is 0.365. The van der Waals surface area contributed by atoms with E-state index in [-0.39, 0.29) is 18.2 Å². The molecule has 0 aliphatic carbocycles. The number of nitriles is 1. The normalized spacial score (nSPS) is 11.7. The van der Waals surface area contributed by atoms with Gasteiger partial charge in [-0.1, -0.05) is 0 Å². The lowest BCUT2D eigenvalue weighted by molar-refractivity contribution is -0.122. The fourth-order valence-electron chi connectivity index (χ4n) is 1.34. The van der Waals surface area contributed by atoms with Crippen molar-refractivity contribution < 1.29 is 9.90 Å². The molecule has 0 bridgehead atoms. The maximum atomic E-state index is 11.5. The molecule has 1 aromatic carbocycles. The molecular weight excluding hydrogens is 460 g/mol. The quantitative estimate of drug-likeness (QED) is 0.453. The SMILES string of the molecule is N#CCNC(=O)C(N)Cc1cc(I)c(O)c(I)c1. The second kappa shape index (κ2) is 7.10. The standard InChI is InChI=1S/C11H11I2N3O2/c12-7-3-6(4-8(13)10(7)17)5-9(15)11(18)16-2-1-14/h3-4,9,17H,2,5,15H2,(H,16,18). The van der Waals surface area contributed by atoms with E-state index in [4.69, 9.17) is 11.0 Å². The number of nitrogens with zero attached hydrogens (tertiary/aromatic N) is 1. The van der Waals surface area contributed by atoms with Crippen LogP contribution in [0, 0.1) is 18.5 Å². The Hall–Kier alpha value is -0.600. The third-order valence-corrected chi connectivity index (χ3v) is 3.86. The average molecular weight is 471 g/mol. The lowest BCUT2D eigenvalue weighted by Gasteiger charge is -2.12. The summed E-state index contributed by atoms with van der Waals surface area (Å²) in [5, 5.41) is 20.4. The summed E-state index contributed by atoms with van der Waals surface area (Å²) in [5.41, 5.74) is 6.62. The van der Waals surface area contributed by atoms with Gasteiger partial charge in [0.25, 0.3) is 0 Å². The van der Waals surface area contributed by atoms with Gasteiger partial charge in [-0.05, 0) is 69.3 Å². The molecule has 0 aliphatic rings. The summed E-state index contributed by atoms with van der Waals surface area (Å²) in [5.74, 6) is -0.114. The number of phenolic OH excluding ortho intramolecular Hbond substituents is 1. The summed E-state index contributed by atoms with van der Waals surface area (Å²) in [7, 11) is 0. The van der Waals surface area contributed by atoms with Gasteiger partial charge in [-0.2, -0.15) is 5.26 Å². The molecule has 0 heterocycles. The maximum Gasteiger partial charge on any atom is 0.238 e. The first kappa shape index (κ1) is 15.5. The van der Waals surface area contributed by atoms with E-state index < -0.39 is 6.04 Å². The number of phenols is 1. The molecule has 4 N–H and O–H groups in total. The van der Waals surface area contributed by atoms with E-state index in [1.54, 1.807) is 12.1 Å². The molecule has 5 nitrogen and oxygen atoms in total. The number of benzene rings is 1. The van der Waals surface area contributed by atoms with Crippen molar-refractivity contribution >= 4 is 51.1 Å². The first-order valence-corrected chi connectivity index (χ1v) is 7.18. The first-order chi connectivity index (χ1) is 8.45. The highest BCUT2D eigenvalue weighted by molar-refractivity contribution is 14.1. The molecular formula is C11H11I2N3O2. The second-order valence-corrected chi connectivity index (χ2v) is 5.92. The highest BCUT2D eigenvalue weighted by atomic mass is 127. The molecule has 0 radical (unpaired) electrons. The summed E-state index contributed by atoms with van der Waals surface area (Å²) >= 11 is 4.05. The van der Waals surface area contributed by atoms with E-state index >= 15 is 0 Å². The number of aromatic hydroxyl groups is 1. The van der Waals surface area contributed by atoms with Crippen molar-refractivity contribution in [2.75, 3.05) is 6.54 Å². The van der Waals surface area contributed by atoms with Gasteiger partial charge < -0.3 is 16.2 Å². The number of halogens is 2. The zero-order chi connectivity index (χ0) is 13.7. The number of rotatable bonds is 4. The van der Waals surface area contributed by atoms with E-state index in [1.165, 1.54) is 0 Å². The number of nitrogens with one attached hydrogen (secondary N) is 1. The highest BCUT2D eigenvalue weighted by Crippen LogP contribution is 2.27. The minimum Gasteiger partial charge on any atom is -0.506 e. The van der Waals surface area contributed by atoms with Crippen molar-refractivity contribution in [2.45, 2.75) is 12.5 Å². The third-order valence-electron chi connectivity index (χ3n) is 2.21. The zero-order valence-corrected chi connectivity index (χ0v) is 13.6. The lowest BCUT2D eigenvalue weighted by Crippen LogP contribution is -2.42. The predicted octanol–water partition coefficient (Wildman–Crippen LogP) is 1.11. The smallest absolute Gasteiger partial charge is 0.238 e. The van der Waals surface area contributed by atoms with Gasteiger partial charge in [-0.15, -0.1) is 0 Å². The summed E-state index contributed by atoms with van der Waals surface area (Å²) in [4.78, 5) is 11.5. The highest BCUT2D eigenvalue weighted by Gasteiger charge is 2.15. The average Bonchev–Trinajstić information content (AvgIpc) is 2.32. The van der Waals surface area contributed by atoms with Gasteiger partial charge in [-0.3, -0.25) is 4.79 Å². The first-order valence-electron chi connectivity index (χ1n) is 5.02. The van der Waals surface area contributed by atoms with Crippen LogP contribution in [0.15, 0.2) is 12.1 Å². The van der Waals surface area contributed by atoms with Gasteiger partial charge in [-0.25, -0.2) is 0 Å². The molecule has 96 valence electrons. The van der Waals surface area contributed by atoms with E-state index in [0.29, 0.717) is 6.42 Å². The van der Waals surface area contributed by atoms with Crippen LogP contribution in [0.3, 0.4) is 0 Å². The van der Waals surface area contributed by atoms with Crippen molar-refractivity contribution in [1.29, 1.82) is 5.26 Å². The van der Waals surface area contributed by atoms with E-state index in [1.807, 2.05) is 51.3 Å². The Kier molecular flexibility index (Phi) is 6.10. The number of carbonyl (C=O) groups excluding carboxylic acids is 1. The molecule has 1 aromatic rings. The van der Waals surface area contributed by atoms with Gasteiger partial charge in [0.05, 0.1) is 19.3 Å². The molecule has 0 aliphatic heterocycles. The van der Waals surface area contributed by atoms with Crippen LogP contribution in [0.25, 0.3) is 0 Å². The number of amides is 1. The molecule has 7 heteroatoms. The number of carbonyl (C=O) groups is 1. The molecule has 1 amide bonds. The van der Waals surface area contributed by atoms with Crippen molar-refractivity contribution in [2.24, 2.45) is 5.73 Å². The summed E-state index contributed by atoms with van der Waals surface area (Å²) in [6.45, 7) is -0.0445. The molecule has 0 aromatic heterocycles. The van der Waals surface area contributed by atoms with Gasteiger partial charge in [0.15, 0.2) is 0 Å². The Morgan fingerprint density at radius 2 is 2.06 bits per heavy atom. The number of hydrogen-bond acceptors (Lipinski definition) is 4. The van der Waals surface area contributed by atoms with E-state index in [9.17, 15) is 9.90 Å². The maximum absolute atomic E-state index is 11.5. The van der Waals surface area contributed by atoms with Crippen LogP contribution in [-0.4, -0.2) is 23.6 Å². The Bertz CT molecular complexity index is 477. The Balaban J connectivity index is 2.73. The molecule has 0 saturated heterocycles. The number of hydrogen-bond donors (Lipinski definition) is 3. The number of nitrogens with two attached hydrogens (primary N) is 1. The molecule has 1 atom stereocenters. The van der Waals surface area contributed by atoms with Crippen LogP contribution in [0.2, 0.25) is 0 Å². The van der Waals surface area contributed by atoms with Crippen molar-refractivity contribution in [3.63, 3.8) is 0 Å². The van der Waals surface area contributed by atoms with Crippen molar-refractivity contribution in [3.8, 4) is 11.8 Å². The Morgan fingerprint density at radius 1 is 1.50 bits per heavy atom. The molecule has 1 rings (SSSR count). The van der Waals surface area contributed by atoms with E-state index in [2.05, 4.69) is 5.32 Å². The van der Waals surface area contributed by atoms with Crippen LogP contribution in [-0.2, 0) is 11.2 Å². The Labute approximate surface area is 132 Å². The Morgan fingerprint density at radius 3 is 2.56 bits per heavy atom. The molecule has 0 saturated carbocycles. The van der Waals surface area contributed by atoms with Crippen LogP contribution in [0.1, 0.15) is 5.56 Å². The summed E-state index contributed by atoms with van der Waals surface area (Å²) in [6, 6.07) is 4.69. The van der Waals surface area contributed by atoms with Gasteiger partial charge >= 0.3 is 0 Å². The van der Waals surface area contributed by atoms with Gasteiger partial charge in [0.1, 0.15) is 12.3 Å².